The quantitative estimate of drug-likeness (QED) is 0.316. The summed E-state index contributed by atoms with van der Waals surface area (Å²) in [5.74, 6) is 1.01. The van der Waals surface area contributed by atoms with Gasteiger partial charge in [0.25, 0.3) is 5.91 Å². The minimum atomic E-state index is -3.46. The molecule has 9 nitrogen and oxygen atoms in total. The van der Waals surface area contributed by atoms with Gasteiger partial charge in [0.2, 0.25) is 10.0 Å². The summed E-state index contributed by atoms with van der Waals surface area (Å²) in [4.78, 5) is 15.0. The molecule has 1 aliphatic carbocycles. The third-order valence-corrected chi connectivity index (χ3v) is 7.39. The van der Waals surface area contributed by atoms with E-state index in [2.05, 4.69) is 27.1 Å². The summed E-state index contributed by atoms with van der Waals surface area (Å²) in [6.45, 7) is 0.929. The number of benzene rings is 3. The molecule has 0 aromatic heterocycles. The van der Waals surface area contributed by atoms with E-state index < -0.39 is 22.0 Å². The van der Waals surface area contributed by atoms with E-state index in [1.165, 1.54) is 17.2 Å². The van der Waals surface area contributed by atoms with Gasteiger partial charge in [-0.3, -0.25) is 14.4 Å². The molecule has 0 saturated carbocycles. The molecule has 3 N–H and O–H groups in total. The number of nitrogens with one attached hydrogen (secondary N) is 2. The van der Waals surface area contributed by atoms with Crippen molar-refractivity contribution in [2.75, 3.05) is 38.3 Å². The van der Waals surface area contributed by atoms with Crippen molar-refractivity contribution in [3.63, 3.8) is 0 Å². The predicted octanol–water partition coefficient (Wildman–Crippen LogP) is 2.84. The first kappa shape index (κ1) is 28.4. The lowest BCUT2D eigenvalue weighted by Gasteiger charge is -2.31. The molecule has 0 fully saturated rings. The van der Waals surface area contributed by atoms with Gasteiger partial charge in [0.1, 0.15) is 11.5 Å². The molecule has 4 rings (SSSR count). The fraction of sp³-hybridized carbons (Fsp3) is 0.345. The van der Waals surface area contributed by atoms with Gasteiger partial charge in [0.05, 0.1) is 26.6 Å². The van der Waals surface area contributed by atoms with Gasteiger partial charge in [-0.1, -0.05) is 36.4 Å². The van der Waals surface area contributed by atoms with Gasteiger partial charge in [-0.25, -0.2) is 8.42 Å². The molecule has 1 aliphatic rings. The number of carbonyl (C=O) groups is 1. The molecule has 208 valence electrons. The molecule has 0 radical (unpaired) electrons. The van der Waals surface area contributed by atoms with Crippen LogP contribution in [0.4, 0.5) is 5.69 Å². The zero-order chi connectivity index (χ0) is 28.0. The van der Waals surface area contributed by atoms with E-state index in [-0.39, 0.29) is 12.6 Å². The van der Waals surface area contributed by atoms with Crippen molar-refractivity contribution in [1.82, 2.24) is 10.2 Å². The number of ether oxygens (including phenoxy) is 2. The van der Waals surface area contributed by atoms with E-state index in [9.17, 15) is 18.3 Å². The number of anilines is 1. The Balaban J connectivity index is 1.45. The maximum atomic E-state index is 12.8. The molecular formula is C29H35N3O6S. The number of nitrogens with zero attached hydrogens (tertiary/aromatic N) is 1. The van der Waals surface area contributed by atoms with Crippen LogP contribution in [-0.4, -0.2) is 70.0 Å². The number of hydrogen-bond acceptors (Lipinski definition) is 7. The highest BCUT2D eigenvalue weighted by atomic mass is 32.2. The molecule has 1 amide bonds. The van der Waals surface area contributed by atoms with E-state index in [0.29, 0.717) is 35.8 Å². The summed E-state index contributed by atoms with van der Waals surface area (Å²) in [6.07, 6.45) is 1.95. The topological polar surface area (TPSA) is 117 Å². The number of amides is 1. The fourth-order valence-corrected chi connectivity index (χ4v) is 5.48. The van der Waals surface area contributed by atoms with Crippen molar-refractivity contribution >= 4 is 21.6 Å². The first-order chi connectivity index (χ1) is 18.6. The van der Waals surface area contributed by atoms with Crippen LogP contribution in [0.25, 0.3) is 0 Å². The number of aliphatic hydroxyl groups excluding tert-OH is 1. The average Bonchev–Trinajstić information content (AvgIpc) is 3.35. The van der Waals surface area contributed by atoms with Gasteiger partial charge in [-0.05, 0) is 48.2 Å². The lowest BCUT2D eigenvalue weighted by molar-refractivity contribution is 0.0747. The van der Waals surface area contributed by atoms with Crippen molar-refractivity contribution in [2.45, 2.75) is 31.5 Å². The Morgan fingerprint density at radius 1 is 1.03 bits per heavy atom. The molecular weight excluding hydrogens is 518 g/mol. The van der Waals surface area contributed by atoms with Crippen LogP contribution in [0.1, 0.15) is 27.0 Å². The number of fused-ring (bicyclic) bond motifs is 1. The lowest BCUT2D eigenvalue weighted by Crippen LogP contribution is -2.44. The molecule has 3 aromatic rings. The molecule has 0 spiro atoms. The van der Waals surface area contributed by atoms with E-state index in [0.717, 1.165) is 24.7 Å². The number of methoxy groups -OCH3 is 2. The Bertz CT molecular complexity index is 1390. The van der Waals surface area contributed by atoms with Gasteiger partial charge >= 0.3 is 0 Å². The Kier molecular flexibility index (Phi) is 9.11. The van der Waals surface area contributed by atoms with Crippen molar-refractivity contribution < 1.29 is 27.8 Å². The van der Waals surface area contributed by atoms with Crippen LogP contribution in [0, 0.1) is 0 Å². The maximum Gasteiger partial charge on any atom is 0.251 e. The third-order valence-electron chi connectivity index (χ3n) is 6.79. The number of carbonyl (C=O) groups excluding carboxylic acids is 1. The summed E-state index contributed by atoms with van der Waals surface area (Å²) in [6, 6.07) is 20.5. The first-order valence-electron chi connectivity index (χ1n) is 12.7. The average molecular weight is 554 g/mol. The molecule has 1 atom stereocenters. The minimum absolute atomic E-state index is 0.0402. The van der Waals surface area contributed by atoms with Crippen molar-refractivity contribution in [3.8, 4) is 11.5 Å². The number of aliphatic hydroxyl groups is 1. The van der Waals surface area contributed by atoms with Gasteiger partial charge in [0, 0.05) is 48.6 Å². The van der Waals surface area contributed by atoms with Crippen LogP contribution in [0.2, 0.25) is 0 Å². The van der Waals surface area contributed by atoms with Crippen LogP contribution in [0.5, 0.6) is 11.5 Å². The SMILES string of the molecule is COc1ccc(CN(CC(O)CNC(=O)c2cccc(NS(C)(=O)=O)c2)C2Cc3ccccc3C2)c(OC)c1. The number of sulfonamides is 1. The first-order valence-corrected chi connectivity index (χ1v) is 14.6. The molecule has 0 heterocycles. The smallest absolute Gasteiger partial charge is 0.251 e. The molecule has 39 heavy (non-hydrogen) atoms. The van der Waals surface area contributed by atoms with E-state index >= 15 is 0 Å². The Hall–Kier alpha value is -3.60. The summed E-state index contributed by atoms with van der Waals surface area (Å²) < 4.78 is 36.4. The predicted molar refractivity (Wildman–Crippen MR) is 151 cm³/mol. The van der Waals surface area contributed by atoms with Crippen molar-refractivity contribution in [2.24, 2.45) is 0 Å². The Morgan fingerprint density at radius 3 is 2.38 bits per heavy atom. The van der Waals surface area contributed by atoms with E-state index in [1.807, 2.05) is 30.3 Å². The number of hydrogen-bond donors (Lipinski definition) is 3. The monoisotopic (exact) mass is 553 g/mol. The summed E-state index contributed by atoms with van der Waals surface area (Å²) >= 11 is 0. The zero-order valence-corrected chi connectivity index (χ0v) is 23.2. The highest BCUT2D eigenvalue weighted by Crippen LogP contribution is 2.30. The third kappa shape index (κ3) is 7.72. The van der Waals surface area contributed by atoms with Gasteiger partial charge < -0.3 is 19.9 Å². The van der Waals surface area contributed by atoms with Crippen molar-refractivity contribution in [3.05, 3.63) is 89.0 Å². The fourth-order valence-electron chi connectivity index (χ4n) is 4.92. The Labute approximate surface area is 229 Å². The summed E-state index contributed by atoms with van der Waals surface area (Å²) in [5, 5.41) is 13.8. The molecule has 1 unspecified atom stereocenters. The number of rotatable bonds is 12. The van der Waals surface area contributed by atoms with Crippen LogP contribution in [0.15, 0.2) is 66.7 Å². The maximum absolute atomic E-state index is 12.8. The van der Waals surface area contributed by atoms with Crippen LogP contribution in [0.3, 0.4) is 0 Å². The largest absolute Gasteiger partial charge is 0.497 e. The second kappa shape index (κ2) is 12.5. The van der Waals surface area contributed by atoms with Crippen LogP contribution in [-0.2, 0) is 29.4 Å². The molecule has 0 aliphatic heterocycles. The van der Waals surface area contributed by atoms with Gasteiger partial charge in [-0.15, -0.1) is 0 Å². The zero-order valence-electron chi connectivity index (χ0n) is 22.4. The second-order valence-corrected chi connectivity index (χ2v) is 11.5. The van der Waals surface area contributed by atoms with Crippen molar-refractivity contribution in [1.29, 1.82) is 0 Å². The lowest BCUT2D eigenvalue weighted by atomic mass is 10.1. The summed E-state index contributed by atoms with van der Waals surface area (Å²) in [7, 11) is -0.230. The highest BCUT2D eigenvalue weighted by Gasteiger charge is 2.29. The van der Waals surface area contributed by atoms with Gasteiger partial charge in [-0.2, -0.15) is 0 Å². The standard InChI is InChI=1S/C29H35N3O6S/c1-37-27-12-11-23(28(16-27)38-2)18-32(25-14-20-7-4-5-8-21(20)15-25)19-26(33)17-30-29(34)22-9-6-10-24(13-22)31-39(3,35)36/h4-13,16,25-26,31,33H,14-15,17-19H2,1-3H3,(H,30,34). The molecule has 0 bridgehead atoms. The van der Waals surface area contributed by atoms with E-state index in [1.54, 1.807) is 32.4 Å². The Morgan fingerprint density at radius 2 is 1.74 bits per heavy atom. The highest BCUT2D eigenvalue weighted by molar-refractivity contribution is 7.92. The van der Waals surface area contributed by atoms with Gasteiger partial charge in [0.15, 0.2) is 0 Å². The normalized spacial score (nSPS) is 14.1. The second-order valence-electron chi connectivity index (χ2n) is 9.76. The summed E-state index contributed by atoms with van der Waals surface area (Å²) in [5.41, 5.74) is 4.17. The van der Waals surface area contributed by atoms with Crippen LogP contribution < -0.4 is 19.5 Å². The minimum Gasteiger partial charge on any atom is -0.497 e. The molecule has 3 aromatic carbocycles. The van der Waals surface area contributed by atoms with E-state index in [4.69, 9.17) is 9.47 Å². The van der Waals surface area contributed by atoms with Crippen LogP contribution >= 0.6 is 0 Å². The molecule has 10 heteroatoms. The molecule has 0 saturated heterocycles.